The van der Waals surface area contributed by atoms with Crippen molar-refractivity contribution < 1.29 is 9.53 Å². The smallest absolute Gasteiger partial charge is 0.233 e. The molecule has 1 aromatic carbocycles. The first-order valence-electron chi connectivity index (χ1n) is 6.56. The van der Waals surface area contributed by atoms with Crippen LogP contribution in [0.5, 0.6) is 0 Å². The molecule has 0 saturated carbocycles. The minimum atomic E-state index is 0.0960. The quantitative estimate of drug-likeness (QED) is 0.688. The van der Waals surface area contributed by atoms with Crippen LogP contribution in [-0.4, -0.2) is 41.9 Å². The Morgan fingerprint density at radius 2 is 2.10 bits per heavy atom. The Hall–Kier alpha value is -0.910. The summed E-state index contributed by atoms with van der Waals surface area (Å²) in [5, 5.41) is 0.524. The van der Waals surface area contributed by atoms with Gasteiger partial charge in [-0.15, -0.1) is 11.8 Å². The number of carbonyl (C=O) groups is 1. The molecule has 110 valence electrons. The summed E-state index contributed by atoms with van der Waals surface area (Å²) >= 11 is 7.44. The Morgan fingerprint density at radius 3 is 2.70 bits per heavy atom. The van der Waals surface area contributed by atoms with Crippen molar-refractivity contribution in [2.24, 2.45) is 0 Å². The number of ether oxygens (including phenoxy) is 1. The van der Waals surface area contributed by atoms with Crippen molar-refractivity contribution in [2.75, 3.05) is 24.6 Å². The molecule has 4 nitrogen and oxygen atoms in total. The number of amides is 1. The lowest BCUT2D eigenvalue weighted by molar-refractivity contribution is -0.140. The van der Waals surface area contributed by atoms with Gasteiger partial charge in [0.05, 0.1) is 28.7 Å². The molecule has 2 atom stereocenters. The van der Waals surface area contributed by atoms with E-state index in [1.54, 1.807) is 12.1 Å². The van der Waals surface area contributed by atoms with E-state index in [1.165, 1.54) is 11.8 Å². The fraction of sp³-hybridized carbons (Fsp3) is 0.500. The van der Waals surface area contributed by atoms with E-state index in [0.29, 0.717) is 29.6 Å². The second-order valence-electron chi connectivity index (χ2n) is 5.03. The van der Waals surface area contributed by atoms with Crippen molar-refractivity contribution in [1.29, 1.82) is 0 Å². The van der Waals surface area contributed by atoms with Crippen LogP contribution >= 0.6 is 23.4 Å². The average Bonchev–Trinajstić information content (AvgIpc) is 2.38. The summed E-state index contributed by atoms with van der Waals surface area (Å²) < 4.78 is 5.63. The number of nitrogens with two attached hydrogens (primary N) is 1. The average molecular weight is 315 g/mol. The Labute approximate surface area is 128 Å². The molecular weight excluding hydrogens is 296 g/mol. The summed E-state index contributed by atoms with van der Waals surface area (Å²) in [6.07, 6.45) is 0.192. The molecule has 1 fully saturated rings. The lowest BCUT2D eigenvalue weighted by Crippen LogP contribution is -2.48. The standard InChI is InChI=1S/C14H19ClN2O2S/c1-9-6-17(7-10(2)19-9)14(18)8-20-11-3-4-13(16)12(15)5-11/h3-5,9-10H,6-8,16H2,1-2H3. The predicted octanol–water partition coefficient (Wildman–Crippen LogP) is 2.65. The summed E-state index contributed by atoms with van der Waals surface area (Å²) in [5.74, 6) is 0.532. The van der Waals surface area contributed by atoms with Crippen LogP contribution in [-0.2, 0) is 9.53 Å². The van der Waals surface area contributed by atoms with Crippen LogP contribution in [0.2, 0.25) is 5.02 Å². The normalized spacial score (nSPS) is 22.9. The van der Waals surface area contributed by atoms with Crippen LogP contribution in [0.4, 0.5) is 5.69 Å². The molecule has 1 amide bonds. The largest absolute Gasteiger partial charge is 0.398 e. The van der Waals surface area contributed by atoms with Crippen LogP contribution in [0.3, 0.4) is 0 Å². The maximum absolute atomic E-state index is 12.2. The minimum Gasteiger partial charge on any atom is -0.398 e. The molecule has 2 rings (SSSR count). The zero-order chi connectivity index (χ0) is 14.7. The number of thioether (sulfide) groups is 1. The van der Waals surface area contributed by atoms with E-state index in [9.17, 15) is 4.79 Å². The number of benzene rings is 1. The second-order valence-corrected chi connectivity index (χ2v) is 6.48. The Kier molecular flexibility index (Phi) is 5.18. The number of hydrogen-bond donors (Lipinski definition) is 1. The molecule has 0 bridgehead atoms. The number of nitrogens with zero attached hydrogens (tertiary/aromatic N) is 1. The van der Waals surface area contributed by atoms with Gasteiger partial charge in [0, 0.05) is 18.0 Å². The third-order valence-electron chi connectivity index (χ3n) is 3.11. The van der Waals surface area contributed by atoms with Gasteiger partial charge in [-0.25, -0.2) is 0 Å². The van der Waals surface area contributed by atoms with E-state index in [2.05, 4.69) is 0 Å². The zero-order valence-electron chi connectivity index (χ0n) is 11.6. The highest BCUT2D eigenvalue weighted by Crippen LogP contribution is 2.26. The van der Waals surface area contributed by atoms with Crippen LogP contribution in [0, 0.1) is 0 Å². The van der Waals surface area contributed by atoms with Gasteiger partial charge in [-0.1, -0.05) is 11.6 Å². The van der Waals surface area contributed by atoms with Crippen molar-refractivity contribution in [1.82, 2.24) is 4.90 Å². The SMILES string of the molecule is CC1CN(C(=O)CSc2ccc(N)c(Cl)c2)CC(C)O1. The number of halogens is 1. The fourth-order valence-electron chi connectivity index (χ4n) is 2.22. The van der Waals surface area contributed by atoms with Gasteiger partial charge in [-0.2, -0.15) is 0 Å². The van der Waals surface area contributed by atoms with Gasteiger partial charge in [0.1, 0.15) is 0 Å². The summed E-state index contributed by atoms with van der Waals surface area (Å²) in [6, 6.07) is 5.43. The van der Waals surface area contributed by atoms with Gasteiger partial charge in [0.15, 0.2) is 0 Å². The maximum atomic E-state index is 12.2. The Bertz CT molecular complexity index is 488. The Morgan fingerprint density at radius 1 is 1.45 bits per heavy atom. The number of hydrogen-bond acceptors (Lipinski definition) is 4. The highest BCUT2D eigenvalue weighted by Gasteiger charge is 2.25. The second kappa shape index (κ2) is 6.70. The van der Waals surface area contributed by atoms with Crippen LogP contribution in [0.25, 0.3) is 0 Å². The molecular formula is C14H19ClN2O2S. The molecule has 1 aliphatic heterocycles. The lowest BCUT2D eigenvalue weighted by atomic mass is 10.2. The van der Waals surface area contributed by atoms with Crippen molar-refractivity contribution in [3.05, 3.63) is 23.2 Å². The van der Waals surface area contributed by atoms with Crippen molar-refractivity contribution in [3.63, 3.8) is 0 Å². The van der Waals surface area contributed by atoms with E-state index >= 15 is 0 Å². The third kappa shape index (κ3) is 4.04. The number of morpholine rings is 1. The molecule has 1 heterocycles. The van der Waals surface area contributed by atoms with Crippen molar-refractivity contribution in [2.45, 2.75) is 31.0 Å². The maximum Gasteiger partial charge on any atom is 0.233 e. The number of anilines is 1. The minimum absolute atomic E-state index is 0.0960. The third-order valence-corrected chi connectivity index (χ3v) is 4.41. The molecule has 1 aliphatic rings. The van der Waals surface area contributed by atoms with Gasteiger partial charge in [-0.3, -0.25) is 4.79 Å². The molecule has 2 unspecified atom stereocenters. The molecule has 6 heteroatoms. The number of nitrogen functional groups attached to an aromatic ring is 1. The highest BCUT2D eigenvalue weighted by molar-refractivity contribution is 8.00. The first kappa shape index (κ1) is 15.5. The van der Waals surface area contributed by atoms with Crippen LogP contribution in [0.1, 0.15) is 13.8 Å². The predicted molar refractivity (Wildman–Crippen MR) is 83.2 cm³/mol. The first-order valence-corrected chi connectivity index (χ1v) is 7.93. The Balaban J connectivity index is 1.89. The van der Waals surface area contributed by atoms with E-state index < -0.39 is 0 Å². The monoisotopic (exact) mass is 314 g/mol. The van der Waals surface area contributed by atoms with Gasteiger partial charge in [-0.05, 0) is 32.0 Å². The fourth-order valence-corrected chi connectivity index (χ4v) is 3.30. The molecule has 20 heavy (non-hydrogen) atoms. The van der Waals surface area contributed by atoms with Gasteiger partial charge in [0.2, 0.25) is 5.91 Å². The molecule has 1 aromatic rings. The number of rotatable bonds is 3. The van der Waals surface area contributed by atoms with Gasteiger partial charge < -0.3 is 15.4 Å². The molecule has 0 radical (unpaired) electrons. The van der Waals surface area contributed by atoms with E-state index in [1.807, 2.05) is 24.8 Å². The van der Waals surface area contributed by atoms with E-state index in [-0.39, 0.29) is 18.1 Å². The summed E-state index contributed by atoms with van der Waals surface area (Å²) in [4.78, 5) is 15.0. The van der Waals surface area contributed by atoms with Crippen molar-refractivity contribution >= 4 is 35.0 Å². The van der Waals surface area contributed by atoms with Crippen LogP contribution < -0.4 is 5.73 Å². The van der Waals surface area contributed by atoms with Gasteiger partial charge in [0.25, 0.3) is 0 Å². The summed E-state index contributed by atoms with van der Waals surface area (Å²) in [5.41, 5.74) is 6.22. The summed E-state index contributed by atoms with van der Waals surface area (Å²) in [6.45, 7) is 5.30. The zero-order valence-corrected chi connectivity index (χ0v) is 13.2. The lowest BCUT2D eigenvalue weighted by Gasteiger charge is -2.35. The number of carbonyl (C=O) groups excluding carboxylic acids is 1. The molecule has 0 aliphatic carbocycles. The summed E-state index contributed by atoms with van der Waals surface area (Å²) in [7, 11) is 0. The van der Waals surface area contributed by atoms with Gasteiger partial charge >= 0.3 is 0 Å². The molecule has 1 saturated heterocycles. The molecule has 0 aromatic heterocycles. The van der Waals surface area contributed by atoms with E-state index in [4.69, 9.17) is 22.1 Å². The molecule has 2 N–H and O–H groups in total. The van der Waals surface area contributed by atoms with E-state index in [0.717, 1.165) is 4.90 Å². The van der Waals surface area contributed by atoms with Crippen LogP contribution in [0.15, 0.2) is 23.1 Å². The molecule has 0 spiro atoms. The van der Waals surface area contributed by atoms with Crippen molar-refractivity contribution in [3.8, 4) is 0 Å². The highest BCUT2D eigenvalue weighted by atomic mass is 35.5. The topological polar surface area (TPSA) is 55.6 Å². The first-order chi connectivity index (χ1) is 9.45.